The monoisotopic (exact) mass is 407 g/mol. The number of hydrogen-bond donors (Lipinski definition) is 1. The van der Waals surface area contributed by atoms with Crippen molar-refractivity contribution in [2.75, 3.05) is 5.32 Å². The Morgan fingerprint density at radius 1 is 1.20 bits per heavy atom. The van der Waals surface area contributed by atoms with Crippen molar-refractivity contribution in [3.63, 3.8) is 0 Å². The SMILES string of the molecule is Cc1nc(C)c(C(=O)Nc2ccc(F)c(-n3cc4cc(C(C)(C)C)cnc4n3)c2)o1. The molecule has 154 valence electrons. The molecule has 0 saturated heterocycles. The maximum absolute atomic E-state index is 14.6. The minimum Gasteiger partial charge on any atom is -0.436 e. The number of aryl methyl sites for hydroxylation is 2. The molecular weight excluding hydrogens is 385 g/mol. The summed E-state index contributed by atoms with van der Waals surface area (Å²) in [5, 5.41) is 7.91. The Morgan fingerprint density at radius 2 is 1.97 bits per heavy atom. The van der Waals surface area contributed by atoms with Crippen LogP contribution in [0.25, 0.3) is 16.7 Å². The molecule has 0 aliphatic carbocycles. The summed E-state index contributed by atoms with van der Waals surface area (Å²) in [6.07, 6.45) is 3.51. The van der Waals surface area contributed by atoms with Gasteiger partial charge in [0, 0.05) is 30.4 Å². The van der Waals surface area contributed by atoms with Crippen molar-refractivity contribution in [3.8, 4) is 5.69 Å². The normalized spacial score (nSPS) is 11.8. The van der Waals surface area contributed by atoms with Crippen molar-refractivity contribution in [1.82, 2.24) is 19.7 Å². The van der Waals surface area contributed by atoms with Gasteiger partial charge in [0.15, 0.2) is 11.5 Å². The topological polar surface area (TPSA) is 85.8 Å². The first kappa shape index (κ1) is 19.8. The second kappa shape index (κ2) is 7.05. The summed E-state index contributed by atoms with van der Waals surface area (Å²) in [7, 11) is 0. The summed E-state index contributed by atoms with van der Waals surface area (Å²) < 4.78 is 21.3. The highest BCUT2D eigenvalue weighted by atomic mass is 19.1. The molecule has 0 unspecified atom stereocenters. The van der Waals surface area contributed by atoms with Crippen LogP contribution in [-0.4, -0.2) is 25.7 Å². The Kier molecular flexibility index (Phi) is 4.64. The molecule has 30 heavy (non-hydrogen) atoms. The Hall–Kier alpha value is -3.55. The lowest BCUT2D eigenvalue weighted by Gasteiger charge is -2.17. The van der Waals surface area contributed by atoms with E-state index in [1.165, 1.54) is 22.9 Å². The van der Waals surface area contributed by atoms with E-state index in [2.05, 4.69) is 41.2 Å². The maximum atomic E-state index is 14.6. The highest BCUT2D eigenvalue weighted by molar-refractivity contribution is 6.03. The van der Waals surface area contributed by atoms with E-state index in [1.807, 2.05) is 6.07 Å². The molecule has 0 fully saturated rings. The number of amides is 1. The van der Waals surface area contributed by atoms with Gasteiger partial charge in [-0.25, -0.2) is 19.0 Å². The van der Waals surface area contributed by atoms with Gasteiger partial charge in [-0.15, -0.1) is 5.10 Å². The molecule has 7 nitrogen and oxygen atoms in total. The molecular formula is C22H22FN5O2. The van der Waals surface area contributed by atoms with Gasteiger partial charge in [-0.2, -0.15) is 0 Å². The van der Waals surface area contributed by atoms with Crippen LogP contribution in [0.4, 0.5) is 10.1 Å². The molecule has 4 aromatic rings. The van der Waals surface area contributed by atoms with E-state index in [9.17, 15) is 9.18 Å². The Balaban J connectivity index is 1.68. The lowest BCUT2D eigenvalue weighted by Crippen LogP contribution is -2.13. The number of nitrogens with one attached hydrogen (secondary N) is 1. The number of rotatable bonds is 3. The molecule has 0 spiro atoms. The zero-order valence-corrected chi connectivity index (χ0v) is 17.4. The third kappa shape index (κ3) is 3.68. The minimum absolute atomic E-state index is 0.0596. The van der Waals surface area contributed by atoms with Crippen molar-refractivity contribution in [2.45, 2.75) is 40.0 Å². The number of benzene rings is 1. The molecule has 1 aromatic carbocycles. The first-order chi connectivity index (χ1) is 14.1. The average Bonchev–Trinajstić information content (AvgIpc) is 3.24. The van der Waals surface area contributed by atoms with Crippen LogP contribution in [0.2, 0.25) is 0 Å². The third-order valence-electron chi connectivity index (χ3n) is 4.79. The van der Waals surface area contributed by atoms with E-state index in [1.54, 1.807) is 26.2 Å². The molecule has 0 aliphatic heterocycles. The van der Waals surface area contributed by atoms with Crippen LogP contribution in [0.15, 0.2) is 41.1 Å². The number of hydrogen-bond acceptors (Lipinski definition) is 5. The predicted molar refractivity (Wildman–Crippen MR) is 111 cm³/mol. The van der Waals surface area contributed by atoms with Crippen molar-refractivity contribution in [2.24, 2.45) is 0 Å². The quantitative estimate of drug-likeness (QED) is 0.531. The van der Waals surface area contributed by atoms with Crippen LogP contribution in [0.1, 0.15) is 48.5 Å². The van der Waals surface area contributed by atoms with Crippen molar-refractivity contribution >= 4 is 22.6 Å². The maximum Gasteiger partial charge on any atom is 0.293 e. The van der Waals surface area contributed by atoms with Gasteiger partial charge >= 0.3 is 0 Å². The predicted octanol–water partition coefficient (Wildman–Crippen LogP) is 4.71. The van der Waals surface area contributed by atoms with Crippen LogP contribution in [0.5, 0.6) is 0 Å². The van der Waals surface area contributed by atoms with Crippen molar-refractivity contribution in [3.05, 3.63) is 65.4 Å². The highest BCUT2D eigenvalue weighted by Crippen LogP contribution is 2.26. The number of carbonyl (C=O) groups is 1. The molecule has 8 heteroatoms. The van der Waals surface area contributed by atoms with E-state index in [0.717, 1.165) is 10.9 Å². The summed E-state index contributed by atoms with van der Waals surface area (Å²) in [4.78, 5) is 21.0. The fraction of sp³-hybridized carbons (Fsp3) is 0.273. The van der Waals surface area contributed by atoms with Gasteiger partial charge in [-0.05, 0) is 42.2 Å². The molecule has 0 atom stereocenters. The summed E-state index contributed by atoms with van der Waals surface area (Å²) >= 11 is 0. The second-order valence-corrected chi connectivity index (χ2v) is 8.23. The van der Waals surface area contributed by atoms with Crippen molar-refractivity contribution < 1.29 is 13.6 Å². The zero-order chi connectivity index (χ0) is 21.6. The van der Waals surface area contributed by atoms with E-state index in [4.69, 9.17) is 4.42 Å². The zero-order valence-electron chi connectivity index (χ0n) is 17.4. The van der Waals surface area contributed by atoms with Crippen LogP contribution < -0.4 is 5.32 Å². The molecule has 0 bridgehead atoms. The fourth-order valence-electron chi connectivity index (χ4n) is 3.15. The van der Waals surface area contributed by atoms with Gasteiger partial charge in [0.1, 0.15) is 11.5 Å². The third-order valence-corrected chi connectivity index (χ3v) is 4.79. The molecule has 0 saturated carbocycles. The van der Waals surface area contributed by atoms with Gasteiger partial charge in [-0.3, -0.25) is 4.79 Å². The molecule has 3 heterocycles. The van der Waals surface area contributed by atoms with Crippen LogP contribution in [0, 0.1) is 19.7 Å². The van der Waals surface area contributed by atoms with Crippen LogP contribution in [0.3, 0.4) is 0 Å². The van der Waals surface area contributed by atoms with E-state index < -0.39 is 11.7 Å². The Bertz CT molecular complexity index is 1270. The first-order valence-electron chi connectivity index (χ1n) is 9.53. The lowest BCUT2D eigenvalue weighted by atomic mass is 9.88. The first-order valence-corrected chi connectivity index (χ1v) is 9.53. The Morgan fingerprint density at radius 3 is 2.63 bits per heavy atom. The number of fused-ring (bicyclic) bond motifs is 1. The molecule has 0 radical (unpaired) electrons. The van der Waals surface area contributed by atoms with Gasteiger partial charge in [0.2, 0.25) is 5.76 Å². The van der Waals surface area contributed by atoms with E-state index >= 15 is 0 Å². The summed E-state index contributed by atoms with van der Waals surface area (Å²) in [6.45, 7) is 9.66. The lowest BCUT2D eigenvalue weighted by molar-refractivity contribution is 0.0994. The standard InChI is InChI=1S/C22H22FN5O2/c1-12-19(30-13(2)25-12)21(29)26-16-6-7-17(23)18(9-16)28-11-14-8-15(22(3,4)5)10-24-20(14)27-28/h6-11H,1-5H3,(H,26,29). The van der Waals surface area contributed by atoms with Gasteiger partial charge < -0.3 is 9.73 Å². The minimum atomic E-state index is -0.469. The number of halogens is 1. The Labute approximate surface area is 172 Å². The van der Waals surface area contributed by atoms with E-state index in [-0.39, 0.29) is 16.9 Å². The summed E-state index contributed by atoms with van der Waals surface area (Å²) in [5.74, 6) is -0.388. The van der Waals surface area contributed by atoms with Gasteiger partial charge in [-0.1, -0.05) is 20.8 Å². The average molecular weight is 407 g/mol. The number of nitrogens with zero attached hydrogens (tertiary/aromatic N) is 4. The molecule has 3 aromatic heterocycles. The number of anilines is 1. The van der Waals surface area contributed by atoms with Gasteiger partial charge in [0.05, 0.1) is 5.69 Å². The van der Waals surface area contributed by atoms with E-state index in [0.29, 0.717) is 22.9 Å². The smallest absolute Gasteiger partial charge is 0.293 e. The van der Waals surface area contributed by atoms with Crippen molar-refractivity contribution in [1.29, 1.82) is 0 Å². The van der Waals surface area contributed by atoms with Gasteiger partial charge in [0.25, 0.3) is 5.91 Å². The second-order valence-electron chi connectivity index (χ2n) is 8.23. The number of aromatic nitrogens is 4. The molecule has 1 N–H and O–H groups in total. The highest BCUT2D eigenvalue weighted by Gasteiger charge is 2.18. The molecule has 1 amide bonds. The molecule has 4 rings (SSSR count). The largest absolute Gasteiger partial charge is 0.436 e. The molecule has 0 aliphatic rings. The number of oxazole rings is 1. The summed E-state index contributed by atoms with van der Waals surface area (Å²) in [6, 6.07) is 6.28. The van der Waals surface area contributed by atoms with Crippen LogP contribution >= 0.6 is 0 Å². The number of carbonyl (C=O) groups excluding carboxylic acids is 1. The summed E-state index contributed by atoms with van der Waals surface area (Å²) in [5.41, 5.74) is 2.63. The number of pyridine rings is 1. The fourth-order valence-corrected chi connectivity index (χ4v) is 3.15. The van der Waals surface area contributed by atoms with Crippen LogP contribution in [-0.2, 0) is 5.41 Å².